The summed E-state index contributed by atoms with van der Waals surface area (Å²) in [5.41, 5.74) is -0.492. The maximum Gasteiger partial charge on any atom is 0.416 e. The zero-order valence-corrected chi connectivity index (χ0v) is 12.3. The highest BCUT2D eigenvalue weighted by Crippen LogP contribution is 2.41. The minimum absolute atomic E-state index is 0.161. The summed E-state index contributed by atoms with van der Waals surface area (Å²) in [5, 5.41) is 3.36. The van der Waals surface area contributed by atoms with Gasteiger partial charge < -0.3 is 5.32 Å². The highest BCUT2D eigenvalue weighted by Gasteiger charge is 2.37. The zero-order chi connectivity index (χ0) is 15.5. The van der Waals surface area contributed by atoms with Crippen molar-refractivity contribution in [2.24, 2.45) is 0 Å². The van der Waals surface area contributed by atoms with Crippen molar-refractivity contribution in [3.05, 3.63) is 47.0 Å². The van der Waals surface area contributed by atoms with Gasteiger partial charge >= 0.3 is 6.18 Å². The SMILES string of the molecule is C=CC[C@H](c1c(Cl)cccc1C(F)(F)F)N1CCNCC1. The summed E-state index contributed by atoms with van der Waals surface area (Å²) in [4.78, 5) is 2.04. The van der Waals surface area contributed by atoms with E-state index in [2.05, 4.69) is 11.9 Å². The molecule has 0 spiro atoms. The van der Waals surface area contributed by atoms with Gasteiger partial charge in [-0.25, -0.2) is 0 Å². The summed E-state index contributed by atoms with van der Waals surface area (Å²) >= 11 is 6.11. The molecule has 0 saturated carbocycles. The number of benzene rings is 1. The molecule has 0 radical (unpaired) electrons. The summed E-state index contributed by atoms with van der Waals surface area (Å²) in [6, 6.07) is 3.57. The van der Waals surface area contributed by atoms with Gasteiger partial charge in [0.2, 0.25) is 0 Å². The molecule has 0 bridgehead atoms. The van der Waals surface area contributed by atoms with E-state index in [1.54, 1.807) is 6.08 Å². The molecule has 0 amide bonds. The molecule has 1 aliphatic heterocycles. The Labute approximate surface area is 127 Å². The van der Waals surface area contributed by atoms with E-state index >= 15 is 0 Å². The summed E-state index contributed by atoms with van der Waals surface area (Å²) in [5.74, 6) is 0. The van der Waals surface area contributed by atoms with Crippen LogP contribution in [0.1, 0.15) is 23.6 Å². The van der Waals surface area contributed by atoms with Crippen LogP contribution in [0.3, 0.4) is 0 Å². The highest BCUT2D eigenvalue weighted by atomic mass is 35.5. The number of alkyl halides is 3. The second-order valence-corrected chi connectivity index (χ2v) is 5.43. The van der Waals surface area contributed by atoms with Crippen LogP contribution in [0.25, 0.3) is 0 Å². The van der Waals surface area contributed by atoms with Gasteiger partial charge in [0.25, 0.3) is 0 Å². The van der Waals surface area contributed by atoms with Crippen molar-refractivity contribution in [3.8, 4) is 0 Å². The molecule has 0 aliphatic carbocycles. The molecular formula is C15H18ClF3N2. The van der Waals surface area contributed by atoms with E-state index < -0.39 is 17.8 Å². The van der Waals surface area contributed by atoms with Crippen molar-refractivity contribution in [1.29, 1.82) is 0 Å². The topological polar surface area (TPSA) is 15.3 Å². The lowest BCUT2D eigenvalue weighted by atomic mass is 9.95. The van der Waals surface area contributed by atoms with Gasteiger partial charge in [-0.1, -0.05) is 23.7 Å². The quantitative estimate of drug-likeness (QED) is 0.848. The van der Waals surface area contributed by atoms with Crippen molar-refractivity contribution < 1.29 is 13.2 Å². The van der Waals surface area contributed by atoms with Gasteiger partial charge in [-0.2, -0.15) is 13.2 Å². The Kier molecular flexibility index (Phi) is 5.30. The van der Waals surface area contributed by atoms with Gasteiger partial charge in [-0.05, 0) is 18.6 Å². The number of nitrogens with one attached hydrogen (secondary N) is 1. The van der Waals surface area contributed by atoms with Crippen LogP contribution < -0.4 is 5.32 Å². The minimum Gasteiger partial charge on any atom is -0.314 e. The van der Waals surface area contributed by atoms with Crippen molar-refractivity contribution in [2.75, 3.05) is 26.2 Å². The molecule has 2 rings (SSSR count). The Morgan fingerprint density at radius 1 is 1.33 bits per heavy atom. The fourth-order valence-corrected chi connectivity index (χ4v) is 3.02. The Balaban J connectivity index is 2.46. The third-order valence-electron chi connectivity index (χ3n) is 3.67. The first-order chi connectivity index (χ1) is 9.95. The van der Waals surface area contributed by atoms with Crippen LogP contribution in [0, 0.1) is 0 Å². The predicted molar refractivity (Wildman–Crippen MR) is 78.5 cm³/mol. The maximum absolute atomic E-state index is 13.3. The first-order valence-corrected chi connectivity index (χ1v) is 7.24. The molecule has 2 nitrogen and oxygen atoms in total. The largest absolute Gasteiger partial charge is 0.416 e. The van der Waals surface area contributed by atoms with Crippen molar-refractivity contribution in [2.45, 2.75) is 18.6 Å². The fraction of sp³-hybridized carbons (Fsp3) is 0.467. The van der Waals surface area contributed by atoms with Crippen molar-refractivity contribution in [1.82, 2.24) is 10.2 Å². The molecule has 1 saturated heterocycles. The van der Waals surface area contributed by atoms with E-state index in [9.17, 15) is 13.2 Å². The molecule has 1 aromatic rings. The average Bonchev–Trinajstić information content (AvgIpc) is 2.45. The van der Waals surface area contributed by atoms with Crippen LogP contribution >= 0.6 is 11.6 Å². The molecule has 0 aromatic heterocycles. The van der Waals surface area contributed by atoms with Crippen LogP contribution in [0.2, 0.25) is 5.02 Å². The second kappa shape index (κ2) is 6.81. The van der Waals surface area contributed by atoms with Crippen LogP contribution in [0.5, 0.6) is 0 Å². The van der Waals surface area contributed by atoms with E-state index in [1.165, 1.54) is 12.1 Å². The molecule has 1 aliphatic rings. The lowest BCUT2D eigenvalue weighted by Gasteiger charge is -2.36. The summed E-state index contributed by atoms with van der Waals surface area (Å²) in [7, 11) is 0. The average molecular weight is 319 g/mol. The van der Waals surface area contributed by atoms with Crippen LogP contribution in [0.4, 0.5) is 13.2 Å². The first-order valence-electron chi connectivity index (χ1n) is 6.86. The van der Waals surface area contributed by atoms with Gasteiger partial charge in [0, 0.05) is 42.8 Å². The maximum atomic E-state index is 13.3. The monoisotopic (exact) mass is 318 g/mol. The Morgan fingerprint density at radius 2 is 2.00 bits per heavy atom. The molecule has 1 aromatic carbocycles. The van der Waals surface area contributed by atoms with Gasteiger partial charge in [0.05, 0.1) is 5.56 Å². The van der Waals surface area contributed by atoms with E-state index in [-0.39, 0.29) is 10.6 Å². The van der Waals surface area contributed by atoms with Gasteiger partial charge in [0.15, 0.2) is 0 Å². The van der Waals surface area contributed by atoms with E-state index in [1.807, 2.05) is 4.90 Å². The normalized spacial score (nSPS) is 18.5. The van der Waals surface area contributed by atoms with Crippen LogP contribution in [-0.4, -0.2) is 31.1 Å². The number of nitrogens with zero attached hydrogens (tertiary/aromatic N) is 1. The molecule has 6 heteroatoms. The standard InChI is InChI=1S/C15H18ClF3N2/c1-2-4-13(21-9-7-20-8-10-21)14-11(15(17,18)19)5-3-6-12(14)16/h2-3,5-6,13,20H,1,4,7-10H2/t13-/m1/s1. The second-order valence-electron chi connectivity index (χ2n) is 5.02. The minimum atomic E-state index is -4.41. The molecule has 0 unspecified atom stereocenters. The third-order valence-corrected chi connectivity index (χ3v) is 4.00. The Hall–Kier alpha value is -1.04. The van der Waals surface area contributed by atoms with Gasteiger partial charge in [-0.3, -0.25) is 4.90 Å². The zero-order valence-electron chi connectivity index (χ0n) is 11.6. The van der Waals surface area contributed by atoms with Gasteiger partial charge in [-0.15, -0.1) is 6.58 Å². The third kappa shape index (κ3) is 3.78. The Bertz CT molecular complexity index is 496. The highest BCUT2D eigenvalue weighted by molar-refractivity contribution is 6.31. The summed E-state index contributed by atoms with van der Waals surface area (Å²) < 4.78 is 39.8. The number of rotatable bonds is 4. The van der Waals surface area contributed by atoms with Crippen molar-refractivity contribution in [3.63, 3.8) is 0 Å². The van der Waals surface area contributed by atoms with E-state index in [0.717, 1.165) is 19.2 Å². The van der Waals surface area contributed by atoms with E-state index in [0.29, 0.717) is 19.5 Å². The lowest BCUT2D eigenvalue weighted by Crippen LogP contribution is -2.45. The fourth-order valence-electron chi connectivity index (χ4n) is 2.72. The molecule has 116 valence electrons. The van der Waals surface area contributed by atoms with Crippen LogP contribution in [0.15, 0.2) is 30.9 Å². The molecule has 1 fully saturated rings. The predicted octanol–water partition coefficient (Wildman–Crippen LogP) is 3.88. The smallest absolute Gasteiger partial charge is 0.314 e. The number of piperazine rings is 1. The number of hydrogen-bond acceptors (Lipinski definition) is 2. The summed E-state index contributed by atoms with van der Waals surface area (Å²) in [6.07, 6.45) is -2.32. The van der Waals surface area contributed by atoms with Crippen molar-refractivity contribution >= 4 is 11.6 Å². The number of hydrogen-bond donors (Lipinski definition) is 1. The lowest BCUT2D eigenvalue weighted by molar-refractivity contribution is -0.138. The summed E-state index contributed by atoms with van der Waals surface area (Å²) in [6.45, 7) is 6.59. The molecule has 21 heavy (non-hydrogen) atoms. The Morgan fingerprint density at radius 3 is 2.57 bits per heavy atom. The molecular weight excluding hydrogens is 301 g/mol. The van der Waals surface area contributed by atoms with Gasteiger partial charge in [0.1, 0.15) is 0 Å². The molecule has 1 heterocycles. The van der Waals surface area contributed by atoms with E-state index in [4.69, 9.17) is 11.6 Å². The molecule has 1 atom stereocenters. The first kappa shape index (κ1) is 16.3. The number of halogens is 4. The van der Waals surface area contributed by atoms with Crippen LogP contribution in [-0.2, 0) is 6.18 Å². The molecule has 1 N–H and O–H groups in total.